The summed E-state index contributed by atoms with van der Waals surface area (Å²) in [5.41, 5.74) is 2.54. The fraction of sp³-hybridized carbons (Fsp3) is 0.154. The third-order valence-corrected chi connectivity index (χ3v) is 2.76. The van der Waals surface area contributed by atoms with Gasteiger partial charge in [0.25, 0.3) is 0 Å². The van der Waals surface area contributed by atoms with Crippen molar-refractivity contribution in [2.24, 2.45) is 0 Å². The van der Waals surface area contributed by atoms with E-state index in [1.807, 2.05) is 12.1 Å². The summed E-state index contributed by atoms with van der Waals surface area (Å²) in [6, 6.07) is 5.56. The van der Waals surface area contributed by atoms with Gasteiger partial charge in [-0.3, -0.25) is 4.79 Å². The van der Waals surface area contributed by atoms with Gasteiger partial charge in [-0.15, -0.1) is 0 Å². The molecule has 0 amide bonds. The molecule has 0 saturated heterocycles. The molecule has 17 heavy (non-hydrogen) atoms. The first kappa shape index (κ1) is 9.96. The maximum absolute atomic E-state index is 11.6. The highest BCUT2D eigenvalue weighted by Gasteiger charge is 2.18. The third-order valence-electron chi connectivity index (χ3n) is 2.76. The van der Waals surface area contributed by atoms with E-state index < -0.39 is 0 Å². The van der Waals surface area contributed by atoms with Crippen molar-refractivity contribution in [3.05, 3.63) is 42.5 Å². The SMILES string of the molecule is O=C1CCOc2cc(-c3cncnc3)ccc21. The second kappa shape index (κ2) is 3.97. The Morgan fingerprint density at radius 1 is 1.12 bits per heavy atom. The normalized spacial score (nSPS) is 14.0. The van der Waals surface area contributed by atoms with Crippen LogP contribution >= 0.6 is 0 Å². The second-order valence-corrected chi connectivity index (χ2v) is 3.86. The first-order valence-corrected chi connectivity index (χ1v) is 5.40. The average molecular weight is 226 g/mol. The molecule has 0 radical (unpaired) electrons. The minimum absolute atomic E-state index is 0.141. The van der Waals surface area contributed by atoms with Crippen molar-refractivity contribution < 1.29 is 9.53 Å². The molecule has 0 atom stereocenters. The van der Waals surface area contributed by atoms with Gasteiger partial charge in [-0.1, -0.05) is 6.07 Å². The van der Waals surface area contributed by atoms with Gasteiger partial charge in [-0.2, -0.15) is 0 Å². The first-order chi connectivity index (χ1) is 8.34. The zero-order valence-electron chi connectivity index (χ0n) is 9.09. The van der Waals surface area contributed by atoms with E-state index in [1.54, 1.807) is 18.5 Å². The Bertz CT molecular complexity index is 567. The van der Waals surface area contributed by atoms with Crippen LogP contribution in [-0.4, -0.2) is 22.4 Å². The molecule has 2 heterocycles. The van der Waals surface area contributed by atoms with E-state index in [9.17, 15) is 4.79 Å². The Balaban J connectivity index is 2.07. The van der Waals surface area contributed by atoms with E-state index in [-0.39, 0.29) is 5.78 Å². The molecule has 4 nitrogen and oxygen atoms in total. The van der Waals surface area contributed by atoms with Crippen LogP contribution in [0.1, 0.15) is 16.8 Å². The summed E-state index contributed by atoms with van der Waals surface area (Å²) in [4.78, 5) is 19.6. The zero-order valence-corrected chi connectivity index (χ0v) is 9.09. The monoisotopic (exact) mass is 226 g/mol. The van der Waals surface area contributed by atoms with Gasteiger partial charge >= 0.3 is 0 Å². The molecule has 1 aliphatic rings. The predicted octanol–water partition coefficient (Wildman–Crippen LogP) is 2.11. The zero-order chi connectivity index (χ0) is 11.7. The summed E-state index contributed by atoms with van der Waals surface area (Å²) in [6.07, 6.45) is 5.42. The van der Waals surface area contributed by atoms with Crippen LogP contribution in [0.2, 0.25) is 0 Å². The first-order valence-electron chi connectivity index (χ1n) is 5.40. The minimum atomic E-state index is 0.141. The van der Waals surface area contributed by atoms with Crippen molar-refractivity contribution >= 4 is 5.78 Å². The standard InChI is InChI=1S/C13H10N2O2/c16-12-3-4-17-13-5-9(1-2-11(12)13)10-6-14-8-15-7-10/h1-2,5-8H,3-4H2. The van der Waals surface area contributed by atoms with Gasteiger partial charge in [-0.05, 0) is 17.7 Å². The number of rotatable bonds is 1. The van der Waals surface area contributed by atoms with E-state index >= 15 is 0 Å². The minimum Gasteiger partial charge on any atom is -0.492 e. The van der Waals surface area contributed by atoms with Gasteiger partial charge in [-0.25, -0.2) is 9.97 Å². The average Bonchev–Trinajstić information content (AvgIpc) is 2.40. The van der Waals surface area contributed by atoms with Crippen LogP contribution in [0, 0.1) is 0 Å². The number of hydrogen-bond donors (Lipinski definition) is 0. The molecule has 2 aromatic rings. The Hall–Kier alpha value is -2.23. The quantitative estimate of drug-likeness (QED) is 0.747. The largest absolute Gasteiger partial charge is 0.492 e. The number of carbonyl (C=O) groups is 1. The van der Waals surface area contributed by atoms with Crippen molar-refractivity contribution in [2.75, 3.05) is 6.61 Å². The fourth-order valence-electron chi connectivity index (χ4n) is 1.89. The smallest absolute Gasteiger partial charge is 0.169 e. The molecule has 0 unspecified atom stereocenters. The van der Waals surface area contributed by atoms with Gasteiger partial charge in [0.2, 0.25) is 0 Å². The number of carbonyl (C=O) groups excluding carboxylic acids is 1. The van der Waals surface area contributed by atoms with Crippen LogP contribution in [0.4, 0.5) is 0 Å². The molecule has 0 spiro atoms. The highest BCUT2D eigenvalue weighted by molar-refractivity contribution is 6.00. The molecule has 0 bridgehead atoms. The Kier molecular flexibility index (Phi) is 2.33. The molecule has 0 fully saturated rings. The molecular weight excluding hydrogens is 216 g/mol. The van der Waals surface area contributed by atoms with Gasteiger partial charge < -0.3 is 4.74 Å². The van der Waals surface area contributed by atoms with E-state index in [4.69, 9.17) is 4.74 Å². The number of aromatic nitrogens is 2. The van der Waals surface area contributed by atoms with Crippen molar-refractivity contribution in [3.8, 4) is 16.9 Å². The molecule has 0 aliphatic carbocycles. The fourth-order valence-corrected chi connectivity index (χ4v) is 1.89. The molecule has 84 valence electrons. The Morgan fingerprint density at radius 3 is 2.76 bits per heavy atom. The molecule has 1 aliphatic heterocycles. The van der Waals surface area contributed by atoms with Crippen LogP contribution in [0.3, 0.4) is 0 Å². The summed E-state index contributed by atoms with van der Waals surface area (Å²) >= 11 is 0. The number of hydrogen-bond acceptors (Lipinski definition) is 4. The van der Waals surface area contributed by atoms with Crippen LogP contribution in [-0.2, 0) is 0 Å². The van der Waals surface area contributed by atoms with Crippen LogP contribution in [0.5, 0.6) is 5.75 Å². The second-order valence-electron chi connectivity index (χ2n) is 3.86. The Morgan fingerprint density at radius 2 is 1.94 bits per heavy atom. The molecule has 3 rings (SSSR count). The topological polar surface area (TPSA) is 52.1 Å². The Labute approximate surface area is 98.3 Å². The number of fused-ring (bicyclic) bond motifs is 1. The number of ketones is 1. The molecule has 4 heteroatoms. The number of Topliss-reactive ketones (excluding diaryl/α,β-unsaturated/α-hetero) is 1. The lowest BCUT2D eigenvalue weighted by atomic mass is 10.0. The summed E-state index contributed by atoms with van der Waals surface area (Å²) in [6.45, 7) is 0.459. The molecule has 0 saturated carbocycles. The summed E-state index contributed by atoms with van der Waals surface area (Å²) < 4.78 is 5.49. The van der Waals surface area contributed by atoms with Crippen LogP contribution < -0.4 is 4.74 Å². The maximum atomic E-state index is 11.6. The lowest BCUT2D eigenvalue weighted by Gasteiger charge is -2.16. The third kappa shape index (κ3) is 1.78. The van der Waals surface area contributed by atoms with E-state index in [0.29, 0.717) is 24.3 Å². The summed E-state index contributed by atoms with van der Waals surface area (Å²) in [5, 5.41) is 0. The predicted molar refractivity (Wildman–Crippen MR) is 61.9 cm³/mol. The van der Waals surface area contributed by atoms with Crippen molar-refractivity contribution in [2.45, 2.75) is 6.42 Å². The van der Waals surface area contributed by atoms with Gasteiger partial charge in [0.1, 0.15) is 12.1 Å². The van der Waals surface area contributed by atoms with Crippen molar-refractivity contribution in [1.29, 1.82) is 0 Å². The molecule has 1 aromatic carbocycles. The van der Waals surface area contributed by atoms with E-state index in [0.717, 1.165) is 11.1 Å². The van der Waals surface area contributed by atoms with Crippen LogP contribution in [0.25, 0.3) is 11.1 Å². The van der Waals surface area contributed by atoms with Gasteiger partial charge in [0.15, 0.2) is 5.78 Å². The van der Waals surface area contributed by atoms with Crippen LogP contribution in [0.15, 0.2) is 36.9 Å². The van der Waals surface area contributed by atoms with Gasteiger partial charge in [0.05, 0.1) is 12.2 Å². The highest BCUT2D eigenvalue weighted by Crippen LogP contribution is 2.29. The van der Waals surface area contributed by atoms with Crippen molar-refractivity contribution in [1.82, 2.24) is 9.97 Å². The maximum Gasteiger partial charge on any atom is 0.169 e. The summed E-state index contributed by atoms with van der Waals surface area (Å²) in [7, 11) is 0. The van der Waals surface area contributed by atoms with E-state index in [1.165, 1.54) is 6.33 Å². The number of nitrogens with zero attached hydrogens (tertiary/aromatic N) is 2. The highest BCUT2D eigenvalue weighted by atomic mass is 16.5. The number of benzene rings is 1. The molecule has 0 N–H and O–H groups in total. The lowest BCUT2D eigenvalue weighted by Crippen LogP contribution is -2.15. The van der Waals surface area contributed by atoms with E-state index in [2.05, 4.69) is 9.97 Å². The van der Waals surface area contributed by atoms with Crippen molar-refractivity contribution in [3.63, 3.8) is 0 Å². The van der Waals surface area contributed by atoms with Gasteiger partial charge in [0, 0.05) is 24.4 Å². The molecule has 1 aromatic heterocycles. The lowest BCUT2D eigenvalue weighted by molar-refractivity contribution is 0.0933. The molecular formula is C13H10N2O2. The number of ether oxygens (including phenoxy) is 1. The summed E-state index contributed by atoms with van der Waals surface area (Å²) in [5.74, 6) is 0.796.